The fraction of sp³-hybridized carbons (Fsp3) is 0.250. The van der Waals surface area contributed by atoms with Crippen molar-refractivity contribution in [3.05, 3.63) is 58.9 Å². The van der Waals surface area contributed by atoms with Crippen LogP contribution in [0.4, 0.5) is 0 Å². The monoisotopic (exact) mass is 347 g/mol. The third-order valence-electron chi connectivity index (χ3n) is 4.59. The highest BCUT2D eigenvalue weighted by atomic mass is 32.2. The van der Waals surface area contributed by atoms with Crippen LogP contribution in [0.5, 0.6) is 0 Å². The summed E-state index contributed by atoms with van der Waals surface area (Å²) in [5.41, 5.74) is 4.38. The number of fused-ring (bicyclic) bond motifs is 2. The van der Waals surface area contributed by atoms with E-state index in [0.29, 0.717) is 16.3 Å². The lowest BCUT2D eigenvalue weighted by atomic mass is 10.2. The number of para-hydroxylation sites is 1. The van der Waals surface area contributed by atoms with E-state index in [1.807, 2.05) is 43.3 Å². The van der Waals surface area contributed by atoms with Crippen LogP contribution in [0.2, 0.25) is 0 Å². The SMILES string of the molecule is CC(Sc1nc2c(cc1C#N)CCC2)C(=O)c1cc2ccccc2[nH]1. The summed E-state index contributed by atoms with van der Waals surface area (Å²) in [6.45, 7) is 1.87. The summed E-state index contributed by atoms with van der Waals surface area (Å²) in [5, 5.41) is 10.8. The maximum atomic E-state index is 12.8. The van der Waals surface area contributed by atoms with Gasteiger partial charge >= 0.3 is 0 Å². The predicted octanol–water partition coefficient (Wildman–Crippen LogP) is 4.29. The van der Waals surface area contributed by atoms with Crippen LogP contribution in [0.25, 0.3) is 10.9 Å². The van der Waals surface area contributed by atoms with Crippen LogP contribution < -0.4 is 0 Å². The summed E-state index contributed by atoms with van der Waals surface area (Å²) < 4.78 is 0. The Kier molecular flexibility index (Phi) is 4.06. The average molecular weight is 347 g/mol. The van der Waals surface area contributed by atoms with Crippen molar-refractivity contribution < 1.29 is 4.79 Å². The molecule has 0 bridgehead atoms. The molecule has 0 fully saturated rings. The molecular weight excluding hydrogens is 330 g/mol. The molecule has 124 valence electrons. The van der Waals surface area contributed by atoms with Crippen molar-refractivity contribution >= 4 is 28.4 Å². The number of aryl methyl sites for hydroxylation is 2. The molecule has 0 saturated heterocycles. The molecule has 1 aromatic carbocycles. The molecule has 3 aromatic rings. The number of benzene rings is 1. The summed E-state index contributed by atoms with van der Waals surface area (Å²) in [4.78, 5) is 20.6. The number of hydrogen-bond donors (Lipinski definition) is 1. The summed E-state index contributed by atoms with van der Waals surface area (Å²) in [5.74, 6) is 0.0207. The number of carbonyl (C=O) groups is 1. The molecule has 1 aliphatic carbocycles. The van der Waals surface area contributed by atoms with E-state index in [4.69, 9.17) is 0 Å². The topological polar surface area (TPSA) is 69.5 Å². The van der Waals surface area contributed by atoms with Gasteiger partial charge in [0, 0.05) is 16.6 Å². The van der Waals surface area contributed by atoms with E-state index >= 15 is 0 Å². The zero-order valence-electron chi connectivity index (χ0n) is 13.9. The van der Waals surface area contributed by atoms with Crippen molar-refractivity contribution in [2.75, 3.05) is 0 Å². The van der Waals surface area contributed by atoms with Gasteiger partial charge in [-0.15, -0.1) is 0 Å². The van der Waals surface area contributed by atoms with Gasteiger partial charge in [0.1, 0.15) is 11.1 Å². The number of H-pyrrole nitrogens is 1. The number of thioether (sulfide) groups is 1. The van der Waals surface area contributed by atoms with Crippen LogP contribution in [-0.4, -0.2) is 21.0 Å². The van der Waals surface area contributed by atoms with Gasteiger partial charge in [0.05, 0.1) is 16.5 Å². The van der Waals surface area contributed by atoms with Crippen molar-refractivity contribution in [2.45, 2.75) is 36.5 Å². The number of rotatable bonds is 4. The molecule has 0 aliphatic heterocycles. The zero-order valence-corrected chi connectivity index (χ0v) is 14.7. The van der Waals surface area contributed by atoms with Gasteiger partial charge in [-0.2, -0.15) is 5.26 Å². The Morgan fingerprint density at radius 1 is 1.32 bits per heavy atom. The number of carbonyl (C=O) groups excluding carboxylic acids is 1. The van der Waals surface area contributed by atoms with Gasteiger partial charge in [0.15, 0.2) is 5.78 Å². The first-order valence-electron chi connectivity index (χ1n) is 8.37. The van der Waals surface area contributed by atoms with Gasteiger partial charge in [0.2, 0.25) is 0 Å². The van der Waals surface area contributed by atoms with Gasteiger partial charge in [-0.05, 0) is 49.9 Å². The molecule has 25 heavy (non-hydrogen) atoms. The number of nitrogens with one attached hydrogen (secondary N) is 1. The second-order valence-electron chi connectivity index (χ2n) is 6.31. The Balaban J connectivity index is 1.60. The first-order chi connectivity index (χ1) is 12.2. The summed E-state index contributed by atoms with van der Waals surface area (Å²) in [6, 6.07) is 13.9. The Hall–Kier alpha value is -2.58. The molecule has 0 saturated carbocycles. The van der Waals surface area contributed by atoms with Crippen LogP contribution in [0.3, 0.4) is 0 Å². The van der Waals surface area contributed by atoms with E-state index in [1.165, 1.54) is 17.3 Å². The molecule has 0 radical (unpaired) electrons. The molecule has 4 rings (SSSR count). The van der Waals surface area contributed by atoms with E-state index in [-0.39, 0.29) is 11.0 Å². The molecule has 1 aliphatic rings. The van der Waals surface area contributed by atoms with Crippen molar-refractivity contribution in [1.29, 1.82) is 5.26 Å². The van der Waals surface area contributed by atoms with Crippen LogP contribution in [0, 0.1) is 11.3 Å². The van der Waals surface area contributed by atoms with Gasteiger partial charge in [-0.25, -0.2) is 4.98 Å². The number of aromatic nitrogens is 2. The van der Waals surface area contributed by atoms with E-state index in [2.05, 4.69) is 16.0 Å². The molecular formula is C20H17N3OS. The number of hydrogen-bond acceptors (Lipinski definition) is 4. The minimum atomic E-state index is -0.313. The molecule has 0 spiro atoms. The predicted molar refractivity (Wildman–Crippen MR) is 98.9 cm³/mol. The number of nitriles is 1. The van der Waals surface area contributed by atoms with E-state index in [0.717, 1.165) is 35.9 Å². The Bertz CT molecular complexity index is 982. The van der Waals surface area contributed by atoms with Crippen molar-refractivity contribution in [3.63, 3.8) is 0 Å². The van der Waals surface area contributed by atoms with E-state index in [9.17, 15) is 10.1 Å². The smallest absolute Gasteiger partial charge is 0.192 e. The highest BCUT2D eigenvalue weighted by Crippen LogP contribution is 2.31. The fourth-order valence-electron chi connectivity index (χ4n) is 3.27. The van der Waals surface area contributed by atoms with Crippen molar-refractivity contribution in [1.82, 2.24) is 9.97 Å². The molecule has 0 amide bonds. The summed E-state index contributed by atoms with van der Waals surface area (Å²) in [6.07, 6.45) is 3.04. The third-order valence-corrected chi connectivity index (χ3v) is 5.69. The molecule has 1 atom stereocenters. The largest absolute Gasteiger partial charge is 0.352 e. The minimum Gasteiger partial charge on any atom is -0.352 e. The third kappa shape index (κ3) is 2.94. The molecule has 1 N–H and O–H groups in total. The fourth-order valence-corrected chi connectivity index (χ4v) is 4.23. The molecule has 5 heteroatoms. The van der Waals surface area contributed by atoms with Crippen molar-refractivity contribution in [2.24, 2.45) is 0 Å². The van der Waals surface area contributed by atoms with Crippen LogP contribution in [0.1, 0.15) is 40.7 Å². The number of Topliss-reactive ketones (excluding diaryl/α,β-unsaturated/α-hetero) is 1. The quantitative estimate of drug-likeness (QED) is 0.565. The normalized spacial score (nSPS) is 14.2. The molecule has 1 unspecified atom stereocenters. The Labute approximate surface area is 150 Å². The van der Waals surface area contributed by atoms with Gasteiger partial charge < -0.3 is 4.98 Å². The summed E-state index contributed by atoms with van der Waals surface area (Å²) >= 11 is 1.37. The van der Waals surface area contributed by atoms with E-state index < -0.39 is 0 Å². The van der Waals surface area contributed by atoms with Crippen LogP contribution in [0.15, 0.2) is 41.4 Å². The number of ketones is 1. The van der Waals surface area contributed by atoms with Crippen LogP contribution in [-0.2, 0) is 12.8 Å². The second kappa shape index (κ2) is 6.38. The highest BCUT2D eigenvalue weighted by Gasteiger charge is 2.23. The van der Waals surface area contributed by atoms with Gasteiger partial charge in [-0.3, -0.25) is 4.79 Å². The maximum absolute atomic E-state index is 12.8. The Morgan fingerprint density at radius 3 is 2.96 bits per heavy atom. The second-order valence-corrected chi connectivity index (χ2v) is 7.64. The number of nitrogens with zero attached hydrogens (tertiary/aromatic N) is 2. The zero-order chi connectivity index (χ0) is 17.4. The lowest BCUT2D eigenvalue weighted by Gasteiger charge is -2.11. The highest BCUT2D eigenvalue weighted by molar-refractivity contribution is 8.00. The molecule has 2 aromatic heterocycles. The van der Waals surface area contributed by atoms with Crippen molar-refractivity contribution in [3.8, 4) is 6.07 Å². The summed E-state index contributed by atoms with van der Waals surface area (Å²) in [7, 11) is 0. The Morgan fingerprint density at radius 2 is 2.16 bits per heavy atom. The van der Waals surface area contributed by atoms with Crippen LogP contribution >= 0.6 is 11.8 Å². The standard InChI is InChI=1S/C20H17N3OS/c1-12(19(24)18-10-14-5-2-3-7-16(14)22-18)25-20-15(11-21)9-13-6-4-8-17(13)23-20/h2-3,5,7,9-10,12,22H,4,6,8H2,1H3. The van der Waals surface area contributed by atoms with E-state index in [1.54, 1.807) is 0 Å². The first-order valence-corrected chi connectivity index (χ1v) is 9.25. The number of pyridine rings is 1. The minimum absolute atomic E-state index is 0.0207. The van der Waals surface area contributed by atoms with Gasteiger partial charge in [0.25, 0.3) is 0 Å². The first kappa shape index (κ1) is 15.9. The van der Waals surface area contributed by atoms with Gasteiger partial charge in [-0.1, -0.05) is 30.0 Å². The number of aromatic amines is 1. The maximum Gasteiger partial charge on any atom is 0.192 e. The lowest BCUT2D eigenvalue weighted by Crippen LogP contribution is -2.14. The molecule has 2 heterocycles. The molecule has 4 nitrogen and oxygen atoms in total. The lowest BCUT2D eigenvalue weighted by molar-refractivity contribution is 0.0990. The average Bonchev–Trinajstić information content (AvgIpc) is 3.26.